The SMILES string of the molecule is Oc1ccc(C(c2ccc(O)c(F)c2)C(c2ccc(O)c(Cl)c2)c2ccc(O)c(Cl)c2)cc1F. The molecule has 0 bridgehead atoms. The third-order valence-corrected chi connectivity index (χ3v) is 6.26. The molecule has 0 aromatic heterocycles. The fourth-order valence-corrected chi connectivity index (χ4v) is 4.40. The van der Waals surface area contributed by atoms with Crippen molar-refractivity contribution in [3.05, 3.63) is 117 Å². The lowest BCUT2D eigenvalue weighted by molar-refractivity contribution is 0.430. The third-order valence-electron chi connectivity index (χ3n) is 5.66. The molecule has 0 spiro atoms. The molecule has 8 heteroatoms. The molecular weight excluding hydrogens is 485 g/mol. The van der Waals surface area contributed by atoms with E-state index in [9.17, 15) is 29.2 Å². The van der Waals surface area contributed by atoms with Gasteiger partial charge in [-0.3, -0.25) is 0 Å². The van der Waals surface area contributed by atoms with Gasteiger partial charge in [-0.25, -0.2) is 8.78 Å². The van der Waals surface area contributed by atoms with Gasteiger partial charge in [0, 0.05) is 11.8 Å². The molecule has 0 aliphatic rings. The standard InChI is InChI=1S/C26H18Cl2F2O4/c27-17-9-13(1-5-21(17)31)25(14-2-6-22(32)18(28)10-14)26(15-3-7-23(33)19(29)11-15)16-4-8-24(34)20(30)12-16/h1-12,25-26,31-34H. The highest BCUT2D eigenvalue weighted by Gasteiger charge is 2.30. The van der Waals surface area contributed by atoms with Gasteiger partial charge in [0.05, 0.1) is 10.0 Å². The highest BCUT2D eigenvalue weighted by atomic mass is 35.5. The topological polar surface area (TPSA) is 80.9 Å². The van der Waals surface area contributed by atoms with Gasteiger partial charge in [-0.2, -0.15) is 0 Å². The van der Waals surface area contributed by atoms with Crippen molar-refractivity contribution in [2.24, 2.45) is 0 Å². The van der Waals surface area contributed by atoms with Crippen LogP contribution in [0.25, 0.3) is 0 Å². The number of hydrogen-bond acceptors (Lipinski definition) is 4. The van der Waals surface area contributed by atoms with E-state index in [-0.39, 0.29) is 21.5 Å². The van der Waals surface area contributed by atoms with E-state index < -0.39 is 35.0 Å². The van der Waals surface area contributed by atoms with Gasteiger partial charge >= 0.3 is 0 Å². The molecule has 0 unspecified atom stereocenters. The Bertz CT molecular complexity index is 1170. The Balaban J connectivity index is 2.03. The Morgan fingerprint density at radius 3 is 1.06 bits per heavy atom. The molecule has 0 atom stereocenters. The molecule has 0 saturated carbocycles. The van der Waals surface area contributed by atoms with E-state index in [4.69, 9.17) is 23.2 Å². The number of benzene rings is 4. The van der Waals surface area contributed by atoms with Crippen molar-refractivity contribution in [1.29, 1.82) is 0 Å². The highest BCUT2D eigenvalue weighted by molar-refractivity contribution is 6.32. The third kappa shape index (κ3) is 4.60. The van der Waals surface area contributed by atoms with Gasteiger partial charge in [-0.1, -0.05) is 47.5 Å². The summed E-state index contributed by atoms with van der Waals surface area (Å²) in [7, 11) is 0. The summed E-state index contributed by atoms with van der Waals surface area (Å²) in [5, 5.41) is 39.5. The van der Waals surface area contributed by atoms with E-state index >= 15 is 0 Å². The highest BCUT2D eigenvalue weighted by Crippen LogP contribution is 2.46. The first-order valence-electron chi connectivity index (χ1n) is 10.1. The van der Waals surface area contributed by atoms with Crippen LogP contribution in [0.4, 0.5) is 8.78 Å². The monoisotopic (exact) mass is 502 g/mol. The van der Waals surface area contributed by atoms with E-state index in [1.165, 1.54) is 48.5 Å². The van der Waals surface area contributed by atoms with Crippen LogP contribution in [0.1, 0.15) is 34.1 Å². The summed E-state index contributed by atoms with van der Waals surface area (Å²) in [4.78, 5) is 0. The second-order valence-electron chi connectivity index (χ2n) is 7.80. The van der Waals surface area contributed by atoms with Crippen LogP contribution in [0.5, 0.6) is 23.0 Å². The Hall–Kier alpha value is -3.48. The largest absolute Gasteiger partial charge is 0.506 e. The average molecular weight is 503 g/mol. The molecule has 0 amide bonds. The summed E-state index contributed by atoms with van der Waals surface area (Å²) >= 11 is 12.4. The van der Waals surface area contributed by atoms with Crippen molar-refractivity contribution in [3.8, 4) is 23.0 Å². The smallest absolute Gasteiger partial charge is 0.165 e. The minimum absolute atomic E-state index is 0.0694. The van der Waals surface area contributed by atoms with Crippen LogP contribution in [0, 0.1) is 11.6 Å². The molecule has 0 heterocycles. The van der Waals surface area contributed by atoms with Crippen LogP contribution in [0.2, 0.25) is 10.0 Å². The summed E-state index contributed by atoms with van der Waals surface area (Å²) in [6, 6.07) is 16.8. The first kappa shape index (κ1) is 23.7. The van der Waals surface area contributed by atoms with Gasteiger partial charge in [-0.05, 0) is 70.8 Å². The summed E-state index contributed by atoms with van der Waals surface area (Å²) in [5.41, 5.74) is 1.94. The number of aromatic hydroxyl groups is 4. The molecule has 0 radical (unpaired) electrons. The van der Waals surface area contributed by atoms with Crippen LogP contribution >= 0.6 is 23.2 Å². The predicted molar refractivity (Wildman–Crippen MR) is 126 cm³/mol. The van der Waals surface area contributed by atoms with Crippen molar-refractivity contribution >= 4 is 23.2 Å². The average Bonchev–Trinajstić information content (AvgIpc) is 2.80. The van der Waals surface area contributed by atoms with Gasteiger partial charge in [-0.15, -0.1) is 0 Å². The van der Waals surface area contributed by atoms with E-state index in [0.29, 0.717) is 22.3 Å². The molecule has 0 aliphatic heterocycles. The van der Waals surface area contributed by atoms with Crippen LogP contribution in [-0.2, 0) is 0 Å². The number of hydrogen-bond donors (Lipinski definition) is 4. The predicted octanol–water partition coefficient (Wildman–Crippen LogP) is 7.06. The van der Waals surface area contributed by atoms with Gasteiger partial charge in [0.25, 0.3) is 0 Å². The second kappa shape index (κ2) is 9.41. The maximum absolute atomic E-state index is 14.4. The summed E-state index contributed by atoms with van der Waals surface area (Å²) in [6.45, 7) is 0. The minimum atomic E-state index is -0.868. The maximum Gasteiger partial charge on any atom is 0.165 e. The molecule has 0 saturated heterocycles. The number of phenolic OH excluding ortho intramolecular Hbond substituents is 4. The number of halogens is 4. The molecule has 174 valence electrons. The van der Waals surface area contributed by atoms with Crippen LogP contribution < -0.4 is 0 Å². The van der Waals surface area contributed by atoms with Crippen molar-refractivity contribution in [3.63, 3.8) is 0 Å². The molecule has 0 aliphatic carbocycles. The first-order valence-corrected chi connectivity index (χ1v) is 10.8. The van der Waals surface area contributed by atoms with Crippen molar-refractivity contribution < 1.29 is 29.2 Å². The Morgan fingerprint density at radius 1 is 0.471 bits per heavy atom. The zero-order valence-electron chi connectivity index (χ0n) is 17.4. The van der Waals surface area contributed by atoms with Crippen LogP contribution in [0.15, 0.2) is 72.8 Å². The molecule has 4 aromatic carbocycles. The Morgan fingerprint density at radius 2 is 0.765 bits per heavy atom. The normalized spacial score (nSPS) is 11.4. The Kier molecular flexibility index (Phi) is 6.55. The van der Waals surface area contributed by atoms with E-state index in [1.54, 1.807) is 12.1 Å². The minimum Gasteiger partial charge on any atom is -0.506 e. The van der Waals surface area contributed by atoms with Crippen LogP contribution in [0.3, 0.4) is 0 Å². The Labute approximate surface area is 203 Å². The zero-order chi connectivity index (χ0) is 24.6. The molecular formula is C26H18Cl2F2O4. The number of rotatable bonds is 5. The molecule has 4 N–H and O–H groups in total. The molecule has 4 rings (SSSR count). The lowest BCUT2D eigenvalue weighted by atomic mass is 9.73. The lowest BCUT2D eigenvalue weighted by Gasteiger charge is -2.30. The van der Waals surface area contributed by atoms with Crippen LogP contribution in [-0.4, -0.2) is 20.4 Å². The van der Waals surface area contributed by atoms with E-state index in [0.717, 1.165) is 12.1 Å². The second-order valence-corrected chi connectivity index (χ2v) is 8.61. The van der Waals surface area contributed by atoms with Gasteiger partial charge in [0.2, 0.25) is 0 Å². The lowest BCUT2D eigenvalue weighted by Crippen LogP contribution is -2.15. The van der Waals surface area contributed by atoms with Gasteiger partial charge in [0.1, 0.15) is 11.5 Å². The molecule has 4 aromatic rings. The van der Waals surface area contributed by atoms with E-state index in [1.807, 2.05) is 0 Å². The van der Waals surface area contributed by atoms with Crippen molar-refractivity contribution in [2.75, 3.05) is 0 Å². The fraction of sp³-hybridized carbons (Fsp3) is 0.0769. The van der Waals surface area contributed by atoms with Crippen molar-refractivity contribution in [1.82, 2.24) is 0 Å². The zero-order valence-corrected chi connectivity index (χ0v) is 18.9. The fourth-order valence-electron chi connectivity index (χ4n) is 4.02. The quantitative estimate of drug-likeness (QED) is 0.235. The summed E-state index contributed by atoms with van der Waals surface area (Å²) < 4.78 is 28.9. The maximum atomic E-state index is 14.4. The summed E-state index contributed by atoms with van der Waals surface area (Å²) in [5.74, 6) is -4.53. The molecule has 4 nitrogen and oxygen atoms in total. The molecule has 34 heavy (non-hydrogen) atoms. The first-order chi connectivity index (χ1) is 16.2. The van der Waals surface area contributed by atoms with E-state index in [2.05, 4.69) is 0 Å². The summed E-state index contributed by atoms with van der Waals surface area (Å²) in [6.07, 6.45) is 0. The molecule has 0 fully saturated rings. The van der Waals surface area contributed by atoms with Gasteiger partial charge in [0.15, 0.2) is 23.1 Å². The van der Waals surface area contributed by atoms with Crippen molar-refractivity contribution in [2.45, 2.75) is 11.8 Å². The number of phenols is 4. The van der Waals surface area contributed by atoms with Gasteiger partial charge < -0.3 is 20.4 Å².